The van der Waals surface area contributed by atoms with Gasteiger partial charge in [-0.15, -0.1) is 0 Å². The fraction of sp³-hybridized carbons (Fsp3) is 0.0455. The number of sulfone groups is 1. The lowest BCUT2D eigenvalue weighted by Crippen LogP contribution is -2.00. The Morgan fingerprint density at radius 3 is 2.07 bits per heavy atom. The molecule has 0 radical (unpaired) electrons. The number of halogens is 2. The molecule has 0 amide bonds. The number of hydrogen-bond donors (Lipinski definition) is 1. The molecule has 0 fully saturated rings. The Morgan fingerprint density at radius 1 is 0.931 bits per heavy atom. The largest absolute Gasteiger partial charge is 0.478 e. The molecule has 3 aromatic carbocycles. The van der Waals surface area contributed by atoms with E-state index in [1.165, 1.54) is 48.5 Å². The Morgan fingerprint density at radius 2 is 1.55 bits per heavy atom. The maximum absolute atomic E-state index is 13.9. The van der Waals surface area contributed by atoms with E-state index in [1.54, 1.807) is 12.1 Å². The summed E-state index contributed by atoms with van der Waals surface area (Å²) in [4.78, 5) is 11.8. The van der Waals surface area contributed by atoms with Crippen LogP contribution in [0.2, 0.25) is 0 Å². The van der Waals surface area contributed by atoms with E-state index in [9.17, 15) is 27.1 Å². The highest BCUT2D eigenvalue weighted by Crippen LogP contribution is 2.26. The van der Waals surface area contributed by atoms with Gasteiger partial charge in [0.05, 0.1) is 10.5 Å². The number of carboxylic acids is 1. The first-order valence-electron chi connectivity index (χ1n) is 8.46. The van der Waals surface area contributed by atoms with Crippen LogP contribution < -0.4 is 0 Å². The van der Waals surface area contributed by atoms with Crippen LogP contribution >= 0.6 is 0 Å². The summed E-state index contributed by atoms with van der Waals surface area (Å²) >= 11 is 0. The van der Waals surface area contributed by atoms with Gasteiger partial charge in [0.2, 0.25) is 0 Å². The fourth-order valence-corrected chi connectivity index (χ4v) is 3.43. The Bertz CT molecular complexity index is 1200. The number of carboxylic acid groups (broad SMARTS) is 1. The zero-order valence-electron chi connectivity index (χ0n) is 15.3. The van der Waals surface area contributed by atoms with Gasteiger partial charge in [-0.3, -0.25) is 0 Å². The summed E-state index contributed by atoms with van der Waals surface area (Å²) in [5.74, 6) is -2.56. The number of aliphatic carboxylic acids is 1. The van der Waals surface area contributed by atoms with Crippen molar-refractivity contribution < 1.29 is 27.1 Å². The summed E-state index contributed by atoms with van der Waals surface area (Å²) < 4.78 is 50.1. The lowest BCUT2D eigenvalue weighted by Gasteiger charge is -2.07. The maximum Gasteiger partial charge on any atom is 0.336 e. The van der Waals surface area contributed by atoms with Gasteiger partial charge in [-0.05, 0) is 47.0 Å². The first kappa shape index (κ1) is 20.4. The van der Waals surface area contributed by atoms with Crippen molar-refractivity contribution in [2.75, 3.05) is 6.26 Å². The van der Waals surface area contributed by atoms with Crippen LogP contribution in [0.1, 0.15) is 11.1 Å². The number of carbonyl (C=O) groups is 1. The third kappa shape index (κ3) is 4.75. The molecule has 4 nitrogen and oxygen atoms in total. The first-order valence-corrected chi connectivity index (χ1v) is 10.4. The number of hydrogen-bond acceptors (Lipinski definition) is 3. The van der Waals surface area contributed by atoms with Gasteiger partial charge in [0, 0.05) is 17.9 Å². The van der Waals surface area contributed by atoms with Crippen molar-refractivity contribution in [3.05, 3.63) is 89.5 Å². The third-order valence-corrected chi connectivity index (χ3v) is 5.42. The molecule has 3 aromatic rings. The predicted molar refractivity (Wildman–Crippen MR) is 107 cm³/mol. The minimum Gasteiger partial charge on any atom is -0.478 e. The van der Waals surface area contributed by atoms with E-state index in [2.05, 4.69) is 0 Å². The fourth-order valence-electron chi connectivity index (χ4n) is 2.80. The Labute approximate surface area is 166 Å². The van der Waals surface area contributed by atoms with E-state index in [4.69, 9.17) is 0 Å². The molecule has 0 atom stereocenters. The highest BCUT2D eigenvalue weighted by molar-refractivity contribution is 7.90. The SMILES string of the molecule is CS(=O)(=O)c1ccc(/C=C(/C(=O)O)c2ccc(-c3ccc(F)cc3F)cc2)cc1. The van der Waals surface area contributed by atoms with Crippen molar-refractivity contribution >= 4 is 27.5 Å². The second kappa shape index (κ2) is 7.97. The lowest BCUT2D eigenvalue weighted by atomic mass is 9.98. The summed E-state index contributed by atoms with van der Waals surface area (Å²) in [7, 11) is -3.35. The van der Waals surface area contributed by atoms with Crippen LogP contribution in [0.4, 0.5) is 8.78 Å². The predicted octanol–water partition coefficient (Wildman–Crippen LogP) is 4.66. The molecular formula is C22H16F2O4S. The van der Waals surface area contributed by atoms with E-state index in [1.807, 2.05) is 0 Å². The van der Waals surface area contributed by atoms with Gasteiger partial charge in [0.15, 0.2) is 9.84 Å². The van der Waals surface area contributed by atoms with Crippen molar-refractivity contribution in [3.8, 4) is 11.1 Å². The van der Waals surface area contributed by atoms with E-state index >= 15 is 0 Å². The van der Waals surface area contributed by atoms with Gasteiger partial charge >= 0.3 is 5.97 Å². The zero-order valence-corrected chi connectivity index (χ0v) is 16.1. The quantitative estimate of drug-likeness (QED) is 0.487. The summed E-state index contributed by atoms with van der Waals surface area (Å²) in [6, 6.07) is 15.2. The highest BCUT2D eigenvalue weighted by Gasteiger charge is 2.13. The van der Waals surface area contributed by atoms with Gasteiger partial charge in [-0.2, -0.15) is 0 Å². The van der Waals surface area contributed by atoms with E-state index in [0.29, 0.717) is 16.7 Å². The van der Waals surface area contributed by atoms with Crippen molar-refractivity contribution in [2.45, 2.75) is 4.90 Å². The van der Waals surface area contributed by atoms with Crippen molar-refractivity contribution in [3.63, 3.8) is 0 Å². The van der Waals surface area contributed by atoms with E-state index in [0.717, 1.165) is 18.4 Å². The average molecular weight is 414 g/mol. The standard InChI is InChI=1S/C22H16F2O4S/c1-29(27,28)18-9-2-14(3-10-18)12-20(22(25)26)16-6-4-15(5-7-16)19-11-8-17(23)13-21(19)24/h2-13H,1H3,(H,25,26)/b20-12+. The molecule has 0 saturated heterocycles. The maximum atomic E-state index is 13.9. The summed E-state index contributed by atoms with van der Waals surface area (Å²) in [6.45, 7) is 0. The molecule has 0 aliphatic rings. The molecule has 0 aromatic heterocycles. The molecule has 1 N–H and O–H groups in total. The molecule has 0 bridgehead atoms. The topological polar surface area (TPSA) is 71.4 Å². The van der Waals surface area contributed by atoms with Crippen molar-refractivity contribution in [1.29, 1.82) is 0 Å². The Kier molecular flexibility index (Phi) is 5.61. The number of benzene rings is 3. The van der Waals surface area contributed by atoms with Crippen molar-refractivity contribution in [1.82, 2.24) is 0 Å². The van der Waals surface area contributed by atoms with Crippen LogP contribution in [0.25, 0.3) is 22.8 Å². The molecule has 0 unspecified atom stereocenters. The monoisotopic (exact) mass is 414 g/mol. The molecule has 0 saturated carbocycles. The van der Waals surface area contributed by atoms with Gasteiger partial charge in [0.25, 0.3) is 0 Å². The van der Waals surface area contributed by atoms with Crippen LogP contribution in [0.15, 0.2) is 71.6 Å². The van der Waals surface area contributed by atoms with Gasteiger partial charge in [-0.25, -0.2) is 22.0 Å². The molecule has 148 valence electrons. The highest BCUT2D eigenvalue weighted by atomic mass is 32.2. The molecule has 0 spiro atoms. The molecule has 3 rings (SSSR count). The normalized spacial score (nSPS) is 12.0. The second-order valence-corrected chi connectivity index (χ2v) is 8.42. The molecule has 0 aliphatic heterocycles. The molecule has 0 aliphatic carbocycles. The van der Waals surface area contributed by atoms with Gasteiger partial charge in [-0.1, -0.05) is 36.4 Å². The Balaban J connectivity index is 1.95. The van der Waals surface area contributed by atoms with Gasteiger partial charge < -0.3 is 5.11 Å². The van der Waals surface area contributed by atoms with Crippen LogP contribution in [-0.4, -0.2) is 25.7 Å². The second-order valence-electron chi connectivity index (χ2n) is 6.41. The van der Waals surface area contributed by atoms with Gasteiger partial charge in [0.1, 0.15) is 11.6 Å². The number of rotatable bonds is 5. The van der Waals surface area contributed by atoms with Crippen molar-refractivity contribution in [2.24, 2.45) is 0 Å². The van der Waals surface area contributed by atoms with Crippen LogP contribution in [0.3, 0.4) is 0 Å². The molecule has 7 heteroatoms. The lowest BCUT2D eigenvalue weighted by molar-refractivity contribution is -0.130. The average Bonchev–Trinajstić information content (AvgIpc) is 2.66. The molecule has 29 heavy (non-hydrogen) atoms. The third-order valence-electron chi connectivity index (χ3n) is 4.29. The zero-order chi connectivity index (χ0) is 21.2. The smallest absolute Gasteiger partial charge is 0.336 e. The Hall–Kier alpha value is -3.32. The van der Waals surface area contributed by atoms with Crippen LogP contribution in [-0.2, 0) is 14.6 Å². The first-order chi connectivity index (χ1) is 13.6. The van der Waals surface area contributed by atoms with E-state index in [-0.39, 0.29) is 16.0 Å². The summed E-state index contributed by atoms with van der Waals surface area (Å²) in [5.41, 5.74) is 1.58. The molecule has 0 heterocycles. The van der Waals surface area contributed by atoms with E-state index < -0.39 is 27.4 Å². The minimum absolute atomic E-state index is 0.0109. The summed E-state index contributed by atoms with van der Waals surface area (Å²) in [5, 5.41) is 9.57. The molecular weight excluding hydrogens is 398 g/mol. The van der Waals surface area contributed by atoms with Crippen LogP contribution in [0, 0.1) is 11.6 Å². The summed E-state index contributed by atoms with van der Waals surface area (Å²) in [6.07, 6.45) is 2.51. The minimum atomic E-state index is -3.35. The van der Waals surface area contributed by atoms with Crippen LogP contribution in [0.5, 0.6) is 0 Å².